The number of rotatable bonds is 6. The van der Waals surface area contributed by atoms with Gasteiger partial charge in [0.25, 0.3) is 0 Å². The summed E-state index contributed by atoms with van der Waals surface area (Å²) >= 11 is 0. The van der Waals surface area contributed by atoms with E-state index in [9.17, 15) is 9.59 Å². The molecule has 0 atom stereocenters. The highest BCUT2D eigenvalue weighted by molar-refractivity contribution is 5.86. The lowest BCUT2D eigenvalue weighted by Crippen LogP contribution is -2.02. The van der Waals surface area contributed by atoms with Gasteiger partial charge in [0.15, 0.2) is 0 Å². The van der Waals surface area contributed by atoms with E-state index >= 15 is 0 Å². The maximum atomic E-state index is 11.1. The minimum absolute atomic E-state index is 0.239. The molecule has 0 saturated heterocycles. The average Bonchev–Trinajstić information content (AvgIpc) is 2.65. The van der Waals surface area contributed by atoms with Crippen molar-refractivity contribution in [1.82, 2.24) is 9.97 Å². The van der Waals surface area contributed by atoms with E-state index in [2.05, 4.69) is 19.4 Å². The quantitative estimate of drug-likeness (QED) is 0.599. The number of methoxy groups -OCH3 is 2. The molecular weight excluding hydrogens is 308 g/mol. The second-order valence-electron chi connectivity index (χ2n) is 4.96. The molecule has 0 aliphatic heterocycles. The number of hydrogen-bond donors (Lipinski definition) is 0. The highest BCUT2D eigenvalue weighted by atomic mass is 16.5. The van der Waals surface area contributed by atoms with E-state index in [1.54, 1.807) is 18.5 Å². The molecule has 6 heteroatoms. The van der Waals surface area contributed by atoms with Crippen LogP contribution in [0.2, 0.25) is 0 Å². The fourth-order valence-corrected chi connectivity index (χ4v) is 1.96. The van der Waals surface area contributed by atoms with Crippen molar-refractivity contribution in [2.75, 3.05) is 14.2 Å². The third-order valence-electron chi connectivity index (χ3n) is 3.33. The fraction of sp³-hybridized carbons (Fsp3) is 0.222. The molecule has 2 aromatic heterocycles. The summed E-state index contributed by atoms with van der Waals surface area (Å²) in [6, 6.07) is 7.44. The minimum Gasteiger partial charge on any atom is -0.469 e. The lowest BCUT2D eigenvalue weighted by molar-refractivity contribution is -0.140. The molecule has 0 aromatic carbocycles. The van der Waals surface area contributed by atoms with Crippen LogP contribution in [0.1, 0.15) is 17.5 Å². The minimum atomic E-state index is -0.414. The number of aryl methyl sites for hydroxylation is 1. The van der Waals surface area contributed by atoms with Crippen molar-refractivity contribution in [2.24, 2.45) is 0 Å². The molecule has 0 amide bonds. The summed E-state index contributed by atoms with van der Waals surface area (Å²) in [6.45, 7) is 0. The number of pyridine rings is 2. The average molecular weight is 326 g/mol. The molecule has 2 heterocycles. The van der Waals surface area contributed by atoms with Crippen LogP contribution in [-0.2, 0) is 25.5 Å². The van der Waals surface area contributed by atoms with Gasteiger partial charge in [-0.05, 0) is 35.8 Å². The Hall–Kier alpha value is -3.02. The van der Waals surface area contributed by atoms with Gasteiger partial charge < -0.3 is 9.47 Å². The second kappa shape index (κ2) is 8.57. The third-order valence-corrected chi connectivity index (χ3v) is 3.33. The molecule has 6 nitrogen and oxygen atoms in total. The lowest BCUT2D eigenvalue weighted by Gasteiger charge is -2.03. The zero-order chi connectivity index (χ0) is 17.4. The second-order valence-corrected chi connectivity index (χ2v) is 4.96. The SMILES string of the molecule is COC(=O)C=Cc1ccc(-c2ccc(CCC(=O)OC)cn2)nc1. The number of aromatic nitrogens is 2. The van der Waals surface area contributed by atoms with Gasteiger partial charge in [0.1, 0.15) is 0 Å². The molecular formula is C18H18N2O4. The van der Waals surface area contributed by atoms with Crippen LogP contribution in [0.5, 0.6) is 0 Å². The number of ether oxygens (including phenoxy) is 2. The fourth-order valence-electron chi connectivity index (χ4n) is 1.96. The zero-order valence-corrected chi connectivity index (χ0v) is 13.6. The first-order valence-corrected chi connectivity index (χ1v) is 7.36. The van der Waals surface area contributed by atoms with Crippen molar-refractivity contribution in [3.63, 3.8) is 0 Å². The number of hydrogen-bond acceptors (Lipinski definition) is 6. The van der Waals surface area contributed by atoms with Gasteiger partial charge in [-0.1, -0.05) is 12.1 Å². The van der Waals surface area contributed by atoms with Crippen molar-refractivity contribution >= 4 is 18.0 Å². The third kappa shape index (κ3) is 5.01. The molecule has 24 heavy (non-hydrogen) atoms. The molecule has 0 N–H and O–H groups in total. The first kappa shape index (κ1) is 17.3. The Morgan fingerprint density at radius 2 is 1.71 bits per heavy atom. The first-order valence-electron chi connectivity index (χ1n) is 7.36. The van der Waals surface area contributed by atoms with Gasteiger partial charge in [-0.15, -0.1) is 0 Å². The Kier molecular flexibility index (Phi) is 6.19. The van der Waals surface area contributed by atoms with Gasteiger partial charge >= 0.3 is 11.9 Å². The summed E-state index contributed by atoms with van der Waals surface area (Å²) in [5, 5.41) is 0. The molecule has 0 fully saturated rings. The summed E-state index contributed by atoms with van der Waals surface area (Å²) in [4.78, 5) is 30.9. The Bertz CT molecular complexity index is 722. The van der Waals surface area contributed by atoms with E-state index in [1.807, 2.05) is 24.3 Å². The monoisotopic (exact) mass is 326 g/mol. The van der Waals surface area contributed by atoms with E-state index in [4.69, 9.17) is 0 Å². The Morgan fingerprint density at radius 1 is 1.00 bits per heavy atom. The summed E-state index contributed by atoms with van der Waals surface area (Å²) in [7, 11) is 2.70. The van der Waals surface area contributed by atoms with E-state index in [-0.39, 0.29) is 5.97 Å². The van der Waals surface area contributed by atoms with E-state index in [1.165, 1.54) is 20.3 Å². The highest BCUT2D eigenvalue weighted by Gasteiger charge is 2.04. The van der Waals surface area contributed by atoms with Crippen molar-refractivity contribution < 1.29 is 19.1 Å². The number of carbonyl (C=O) groups excluding carboxylic acids is 2. The first-order chi connectivity index (χ1) is 11.6. The van der Waals surface area contributed by atoms with Crippen LogP contribution in [0.4, 0.5) is 0 Å². The Morgan fingerprint density at radius 3 is 2.25 bits per heavy atom. The molecule has 0 spiro atoms. The van der Waals surface area contributed by atoms with Crippen LogP contribution >= 0.6 is 0 Å². The number of carbonyl (C=O) groups is 2. The Balaban J connectivity index is 2.02. The van der Waals surface area contributed by atoms with Gasteiger partial charge in [0, 0.05) is 24.9 Å². The van der Waals surface area contributed by atoms with Crippen molar-refractivity contribution in [1.29, 1.82) is 0 Å². The summed E-state index contributed by atoms with van der Waals surface area (Å²) in [6.07, 6.45) is 7.27. The lowest BCUT2D eigenvalue weighted by atomic mass is 10.1. The maximum absolute atomic E-state index is 11.1. The van der Waals surface area contributed by atoms with Crippen LogP contribution in [0, 0.1) is 0 Å². The molecule has 0 aliphatic rings. The molecule has 124 valence electrons. The van der Waals surface area contributed by atoms with Crippen molar-refractivity contribution in [3.8, 4) is 11.4 Å². The van der Waals surface area contributed by atoms with Gasteiger partial charge in [-0.2, -0.15) is 0 Å². The van der Waals surface area contributed by atoms with E-state index in [0.717, 1.165) is 22.5 Å². The largest absolute Gasteiger partial charge is 0.469 e. The predicted molar refractivity (Wildman–Crippen MR) is 88.9 cm³/mol. The van der Waals surface area contributed by atoms with Gasteiger partial charge in [-0.3, -0.25) is 14.8 Å². The standard InChI is InChI=1S/C18H18N2O4/c1-23-17(21)9-5-13-3-7-15(19-11-13)16-8-4-14(12-20-16)6-10-18(22)24-2/h3-5,7-9,11-12H,6,10H2,1-2H3. The summed E-state index contributed by atoms with van der Waals surface area (Å²) < 4.78 is 9.15. The molecule has 2 rings (SSSR count). The molecule has 0 aliphatic carbocycles. The highest BCUT2D eigenvalue weighted by Crippen LogP contribution is 2.16. The zero-order valence-electron chi connectivity index (χ0n) is 13.6. The summed E-state index contributed by atoms with van der Waals surface area (Å²) in [5.74, 6) is -0.653. The smallest absolute Gasteiger partial charge is 0.330 e. The van der Waals surface area contributed by atoms with Crippen LogP contribution in [-0.4, -0.2) is 36.1 Å². The predicted octanol–water partition coefficient (Wildman–Crippen LogP) is 2.44. The topological polar surface area (TPSA) is 78.4 Å². The van der Waals surface area contributed by atoms with Gasteiger partial charge in [0.05, 0.1) is 25.6 Å². The number of nitrogens with zero attached hydrogens (tertiary/aromatic N) is 2. The van der Waals surface area contributed by atoms with Crippen LogP contribution in [0.25, 0.3) is 17.5 Å². The molecule has 0 unspecified atom stereocenters. The normalized spacial score (nSPS) is 10.6. The summed E-state index contributed by atoms with van der Waals surface area (Å²) in [5.41, 5.74) is 3.21. The molecule has 0 radical (unpaired) electrons. The Labute approximate surface area is 140 Å². The van der Waals surface area contributed by atoms with Crippen molar-refractivity contribution in [2.45, 2.75) is 12.8 Å². The van der Waals surface area contributed by atoms with Crippen LogP contribution in [0.3, 0.4) is 0 Å². The van der Waals surface area contributed by atoms with E-state index in [0.29, 0.717) is 12.8 Å². The molecule has 2 aromatic rings. The van der Waals surface area contributed by atoms with Crippen molar-refractivity contribution in [3.05, 3.63) is 53.9 Å². The van der Waals surface area contributed by atoms with E-state index < -0.39 is 5.97 Å². The maximum Gasteiger partial charge on any atom is 0.330 e. The number of esters is 2. The molecule has 0 saturated carbocycles. The van der Waals surface area contributed by atoms with Gasteiger partial charge in [0.2, 0.25) is 0 Å². The van der Waals surface area contributed by atoms with Crippen LogP contribution in [0.15, 0.2) is 42.7 Å². The van der Waals surface area contributed by atoms with Crippen LogP contribution < -0.4 is 0 Å². The molecule has 0 bridgehead atoms. The van der Waals surface area contributed by atoms with Gasteiger partial charge in [-0.25, -0.2) is 4.79 Å².